The fourth-order valence-electron chi connectivity index (χ4n) is 1.74. The third-order valence-corrected chi connectivity index (χ3v) is 3.98. The summed E-state index contributed by atoms with van der Waals surface area (Å²) in [5.74, 6) is 0.231. The van der Waals surface area contributed by atoms with Gasteiger partial charge in [0, 0.05) is 23.0 Å². The number of hydrogen-bond donors (Lipinski definition) is 1. The van der Waals surface area contributed by atoms with Crippen LogP contribution in [0.5, 0.6) is 0 Å². The van der Waals surface area contributed by atoms with E-state index in [1.807, 2.05) is 26.0 Å². The van der Waals surface area contributed by atoms with E-state index in [2.05, 4.69) is 21.2 Å². The lowest BCUT2D eigenvalue weighted by Gasteiger charge is -2.13. The Morgan fingerprint density at radius 3 is 2.24 bits per heavy atom. The van der Waals surface area contributed by atoms with Crippen LogP contribution in [0.3, 0.4) is 0 Å². The van der Waals surface area contributed by atoms with E-state index in [0.717, 1.165) is 21.3 Å². The van der Waals surface area contributed by atoms with Gasteiger partial charge in [-0.15, -0.1) is 0 Å². The van der Waals surface area contributed by atoms with Crippen molar-refractivity contribution in [1.29, 1.82) is 0 Å². The molecule has 1 aromatic carbocycles. The van der Waals surface area contributed by atoms with Gasteiger partial charge in [0.2, 0.25) is 0 Å². The van der Waals surface area contributed by atoms with Gasteiger partial charge in [-0.3, -0.25) is 0 Å². The fourth-order valence-corrected chi connectivity index (χ4v) is 3.09. The van der Waals surface area contributed by atoms with Gasteiger partial charge in [-0.1, -0.05) is 15.9 Å². The van der Waals surface area contributed by atoms with Gasteiger partial charge in [-0.25, -0.2) is 8.42 Å². The first-order valence-electron chi connectivity index (χ1n) is 5.48. The van der Waals surface area contributed by atoms with Crippen molar-refractivity contribution in [2.45, 2.75) is 20.3 Å². The second-order valence-corrected chi connectivity index (χ2v) is 7.50. The minimum atomic E-state index is -2.85. The number of halogens is 1. The SMILES string of the molecule is Cc1cc(Br)cc(C)c1NCCCS(C)(=O)=O. The third-order valence-electron chi connectivity index (χ3n) is 2.49. The molecule has 3 nitrogen and oxygen atoms in total. The van der Waals surface area contributed by atoms with Crippen molar-refractivity contribution >= 4 is 31.5 Å². The van der Waals surface area contributed by atoms with Crippen LogP contribution in [0.1, 0.15) is 17.5 Å². The van der Waals surface area contributed by atoms with Crippen LogP contribution in [0.15, 0.2) is 16.6 Å². The topological polar surface area (TPSA) is 46.2 Å². The fraction of sp³-hybridized carbons (Fsp3) is 0.500. The second-order valence-electron chi connectivity index (χ2n) is 4.32. The first-order valence-corrected chi connectivity index (χ1v) is 8.33. The molecule has 5 heteroatoms. The van der Waals surface area contributed by atoms with E-state index in [4.69, 9.17) is 0 Å². The lowest BCUT2D eigenvalue weighted by atomic mass is 10.1. The smallest absolute Gasteiger partial charge is 0.147 e. The molecule has 1 rings (SSSR count). The van der Waals surface area contributed by atoms with E-state index in [1.54, 1.807) is 0 Å². The van der Waals surface area contributed by atoms with Crippen LogP contribution in [0, 0.1) is 13.8 Å². The molecule has 1 N–H and O–H groups in total. The molecule has 0 radical (unpaired) electrons. The summed E-state index contributed by atoms with van der Waals surface area (Å²) in [6.45, 7) is 4.75. The third kappa shape index (κ3) is 5.08. The highest BCUT2D eigenvalue weighted by atomic mass is 79.9. The minimum absolute atomic E-state index is 0.231. The minimum Gasteiger partial charge on any atom is -0.385 e. The monoisotopic (exact) mass is 319 g/mol. The van der Waals surface area contributed by atoms with Crippen molar-refractivity contribution in [3.8, 4) is 0 Å². The van der Waals surface area contributed by atoms with Crippen molar-refractivity contribution in [2.75, 3.05) is 23.9 Å². The maximum atomic E-state index is 11.0. The molecule has 96 valence electrons. The van der Waals surface area contributed by atoms with Crippen LogP contribution in [-0.4, -0.2) is 27.0 Å². The van der Waals surface area contributed by atoms with Gasteiger partial charge in [-0.05, 0) is 43.5 Å². The average molecular weight is 320 g/mol. The van der Waals surface area contributed by atoms with Crippen molar-refractivity contribution < 1.29 is 8.42 Å². The van der Waals surface area contributed by atoms with Gasteiger partial charge in [0.05, 0.1) is 5.75 Å². The van der Waals surface area contributed by atoms with Gasteiger partial charge >= 0.3 is 0 Å². The molecule has 0 unspecified atom stereocenters. The molecule has 0 atom stereocenters. The number of sulfone groups is 1. The van der Waals surface area contributed by atoms with Gasteiger partial charge in [0.25, 0.3) is 0 Å². The van der Waals surface area contributed by atoms with Crippen LogP contribution >= 0.6 is 15.9 Å². The normalized spacial score (nSPS) is 11.5. The Hall–Kier alpha value is -0.550. The Labute approximate surface area is 112 Å². The van der Waals surface area contributed by atoms with Gasteiger partial charge < -0.3 is 5.32 Å². The summed E-state index contributed by atoms with van der Waals surface area (Å²) in [7, 11) is -2.85. The van der Waals surface area contributed by atoms with Crippen molar-refractivity contribution in [2.24, 2.45) is 0 Å². The Morgan fingerprint density at radius 2 is 1.76 bits per heavy atom. The zero-order chi connectivity index (χ0) is 13.1. The number of benzene rings is 1. The molecule has 1 aromatic rings. The summed E-state index contributed by atoms with van der Waals surface area (Å²) in [4.78, 5) is 0. The van der Waals surface area contributed by atoms with Gasteiger partial charge in [0.1, 0.15) is 9.84 Å². The molecule has 0 aliphatic heterocycles. The molecule has 0 spiro atoms. The Balaban J connectivity index is 2.58. The van der Waals surface area contributed by atoms with Crippen LogP contribution in [0.4, 0.5) is 5.69 Å². The molecule has 0 fully saturated rings. The Bertz CT molecular complexity index is 474. The van der Waals surface area contributed by atoms with E-state index in [-0.39, 0.29) is 5.75 Å². The molecule has 0 saturated heterocycles. The average Bonchev–Trinajstić information content (AvgIpc) is 2.13. The van der Waals surface area contributed by atoms with Gasteiger partial charge in [0.15, 0.2) is 0 Å². The lowest BCUT2D eigenvalue weighted by molar-refractivity contribution is 0.600. The predicted molar refractivity (Wildman–Crippen MR) is 76.4 cm³/mol. The molecule has 0 heterocycles. The summed E-state index contributed by atoms with van der Waals surface area (Å²) in [6.07, 6.45) is 1.90. The summed E-state index contributed by atoms with van der Waals surface area (Å²) in [6, 6.07) is 4.10. The first-order chi connectivity index (χ1) is 7.79. The second kappa shape index (κ2) is 5.87. The van der Waals surface area contributed by atoms with Crippen molar-refractivity contribution in [1.82, 2.24) is 0 Å². The molecule has 0 aromatic heterocycles. The Kier molecular flexibility index (Phi) is 5.01. The van der Waals surface area contributed by atoms with Crippen LogP contribution in [0.2, 0.25) is 0 Å². The van der Waals surface area contributed by atoms with Crippen LogP contribution in [-0.2, 0) is 9.84 Å². The number of anilines is 1. The number of aryl methyl sites for hydroxylation is 2. The number of nitrogens with one attached hydrogen (secondary N) is 1. The number of hydrogen-bond acceptors (Lipinski definition) is 3. The summed E-state index contributed by atoms with van der Waals surface area (Å²) >= 11 is 3.45. The molecule has 0 amide bonds. The van der Waals surface area contributed by atoms with E-state index in [9.17, 15) is 8.42 Å². The summed E-state index contributed by atoms with van der Waals surface area (Å²) in [5.41, 5.74) is 3.43. The van der Waals surface area contributed by atoms with Crippen LogP contribution in [0.25, 0.3) is 0 Å². The standard InChI is InChI=1S/C12H18BrNO2S/c1-9-7-11(13)8-10(2)12(9)14-5-4-6-17(3,15)16/h7-8,14H,4-6H2,1-3H3. The maximum Gasteiger partial charge on any atom is 0.147 e. The highest BCUT2D eigenvalue weighted by Gasteiger charge is 2.05. The highest BCUT2D eigenvalue weighted by molar-refractivity contribution is 9.10. The molecule has 17 heavy (non-hydrogen) atoms. The lowest BCUT2D eigenvalue weighted by Crippen LogP contribution is -2.11. The van der Waals surface area contributed by atoms with E-state index in [1.165, 1.54) is 6.26 Å². The molecular weight excluding hydrogens is 302 g/mol. The molecule has 0 aliphatic rings. The van der Waals surface area contributed by atoms with E-state index >= 15 is 0 Å². The summed E-state index contributed by atoms with van der Waals surface area (Å²) in [5, 5.41) is 3.30. The zero-order valence-electron chi connectivity index (χ0n) is 10.4. The predicted octanol–water partition coefficient (Wildman–Crippen LogP) is 2.91. The van der Waals surface area contributed by atoms with Crippen molar-refractivity contribution in [3.63, 3.8) is 0 Å². The van der Waals surface area contributed by atoms with E-state index in [0.29, 0.717) is 13.0 Å². The summed E-state index contributed by atoms with van der Waals surface area (Å²) < 4.78 is 23.0. The molecular formula is C12H18BrNO2S. The zero-order valence-corrected chi connectivity index (χ0v) is 12.8. The Morgan fingerprint density at radius 1 is 1.24 bits per heavy atom. The molecule has 0 bridgehead atoms. The largest absolute Gasteiger partial charge is 0.385 e. The van der Waals surface area contributed by atoms with E-state index < -0.39 is 9.84 Å². The highest BCUT2D eigenvalue weighted by Crippen LogP contribution is 2.24. The van der Waals surface area contributed by atoms with Crippen molar-refractivity contribution in [3.05, 3.63) is 27.7 Å². The first kappa shape index (κ1) is 14.5. The van der Waals surface area contributed by atoms with Crippen LogP contribution < -0.4 is 5.32 Å². The quantitative estimate of drug-likeness (QED) is 0.849. The number of rotatable bonds is 5. The molecule has 0 saturated carbocycles. The maximum absolute atomic E-state index is 11.0. The molecule has 0 aliphatic carbocycles. The van der Waals surface area contributed by atoms with Gasteiger partial charge in [-0.2, -0.15) is 0 Å².